The number of primary amides is 1. The maximum atomic E-state index is 13.6. The topological polar surface area (TPSA) is 67.2 Å². The van der Waals surface area contributed by atoms with E-state index < -0.39 is 5.91 Å². The van der Waals surface area contributed by atoms with Gasteiger partial charge in [-0.1, -0.05) is 0 Å². The first-order valence-electron chi connectivity index (χ1n) is 5.73. The Labute approximate surface area is 99.4 Å². The van der Waals surface area contributed by atoms with Crippen LogP contribution in [0.5, 0.6) is 0 Å². The molecule has 2 rings (SSSR count). The van der Waals surface area contributed by atoms with Crippen LogP contribution in [0, 0.1) is 5.82 Å². The highest BCUT2D eigenvalue weighted by Crippen LogP contribution is 2.19. The average molecular weight is 237 g/mol. The summed E-state index contributed by atoms with van der Waals surface area (Å²) in [5.41, 5.74) is 5.84. The van der Waals surface area contributed by atoms with E-state index in [0.29, 0.717) is 11.3 Å². The smallest absolute Gasteiger partial charge is 0.248 e. The zero-order valence-electron chi connectivity index (χ0n) is 9.50. The Bertz CT molecular complexity index is 416. The zero-order valence-corrected chi connectivity index (χ0v) is 9.50. The number of nitrogens with two attached hydrogens (primary N) is 1. The van der Waals surface area contributed by atoms with Crippen LogP contribution in [0.1, 0.15) is 23.2 Å². The number of hydrogen-bond acceptors (Lipinski definition) is 3. The van der Waals surface area contributed by atoms with Gasteiger partial charge >= 0.3 is 0 Å². The molecule has 0 aromatic heterocycles. The van der Waals surface area contributed by atoms with Gasteiger partial charge < -0.3 is 16.4 Å². The third kappa shape index (κ3) is 2.94. The summed E-state index contributed by atoms with van der Waals surface area (Å²) >= 11 is 0. The van der Waals surface area contributed by atoms with Crippen LogP contribution in [0.25, 0.3) is 0 Å². The van der Waals surface area contributed by atoms with Crippen molar-refractivity contribution >= 4 is 11.6 Å². The zero-order chi connectivity index (χ0) is 12.3. The van der Waals surface area contributed by atoms with Gasteiger partial charge in [0.25, 0.3) is 0 Å². The van der Waals surface area contributed by atoms with E-state index in [1.807, 2.05) is 0 Å². The number of rotatable bonds is 3. The lowest BCUT2D eigenvalue weighted by atomic mass is 10.1. The molecule has 1 aliphatic heterocycles. The van der Waals surface area contributed by atoms with Crippen molar-refractivity contribution in [3.63, 3.8) is 0 Å². The van der Waals surface area contributed by atoms with Crippen molar-refractivity contribution < 1.29 is 9.18 Å². The van der Waals surface area contributed by atoms with E-state index >= 15 is 0 Å². The average Bonchev–Trinajstić information content (AvgIpc) is 2.33. The number of halogens is 1. The van der Waals surface area contributed by atoms with Gasteiger partial charge in [-0.2, -0.15) is 0 Å². The van der Waals surface area contributed by atoms with Crippen LogP contribution in [0.15, 0.2) is 18.2 Å². The molecule has 0 saturated carbocycles. The lowest BCUT2D eigenvalue weighted by Crippen LogP contribution is -2.35. The maximum absolute atomic E-state index is 13.6. The van der Waals surface area contributed by atoms with Crippen LogP contribution >= 0.6 is 0 Å². The minimum absolute atomic E-state index is 0.244. The molecule has 1 aromatic rings. The summed E-state index contributed by atoms with van der Waals surface area (Å²) in [5.74, 6) is -0.896. The summed E-state index contributed by atoms with van der Waals surface area (Å²) in [6, 6.07) is 4.38. The second kappa shape index (κ2) is 5.14. The van der Waals surface area contributed by atoms with Crippen LogP contribution in [0.2, 0.25) is 0 Å². The van der Waals surface area contributed by atoms with Crippen LogP contribution in [0.4, 0.5) is 10.1 Å². The van der Waals surface area contributed by atoms with E-state index in [-0.39, 0.29) is 11.9 Å². The molecule has 92 valence electrons. The highest BCUT2D eigenvalue weighted by molar-refractivity contribution is 5.93. The molecule has 5 heteroatoms. The van der Waals surface area contributed by atoms with Gasteiger partial charge in [-0.15, -0.1) is 0 Å². The van der Waals surface area contributed by atoms with Crippen molar-refractivity contribution in [3.05, 3.63) is 29.6 Å². The highest BCUT2D eigenvalue weighted by Gasteiger charge is 2.15. The SMILES string of the molecule is NC(=O)c1ccc(F)c(NC2CCNCC2)c1. The van der Waals surface area contributed by atoms with Crippen molar-refractivity contribution in [1.82, 2.24) is 5.32 Å². The molecule has 1 amide bonds. The highest BCUT2D eigenvalue weighted by atomic mass is 19.1. The molecular formula is C12H16FN3O. The molecule has 1 saturated heterocycles. The fourth-order valence-corrected chi connectivity index (χ4v) is 1.98. The summed E-state index contributed by atoms with van der Waals surface area (Å²) in [7, 11) is 0. The Morgan fingerprint density at radius 1 is 1.41 bits per heavy atom. The van der Waals surface area contributed by atoms with Gasteiger partial charge in [-0.05, 0) is 44.1 Å². The fraction of sp³-hybridized carbons (Fsp3) is 0.417. The number of piperidine rings is 1. The molecule has 1 heterocycles. The third-order valence-corrected chi connectivity index (χ3v) is 2.95. The number of nitrogens with one attached hydrogen (secondary N) is 2. The molecule has 0 atom stereocenters. The van der Waals surface area contributed by atoms with Crippen molar-refractivity contribution in [2.24, 2.45) is 5.73 Å². The Morgan fingerprint density at radius 3 is 2.76 bits per heavy atom. The number of hydrogen-bond donors (Lipinski definition) is 3. The molecular weight excluding hydrogens is 221 g/mol. The van der Waals surface area contributed by atoms with Crippen LogP contribution in [0.3, 0.4) is 0 Å². The summed E-state index contributed by atoms with van der Waals surface area (Å²) in [5, 5.41) is 6.36. The van der Waals surface area contributed by atoms with E-state index in [2.05, 4.69) is 10.6 Å². The second-order valence-electron chi connectivity index (χ2n) is 4.23. The number of anilines is 1. The maximum Gasteiger partial charge on any atom is 0.248 e. The second-order valence-corrected chi connectivity index (χ2v) is 4.23. The standard InChI is InChI=1S/C12H16FN3O/c13-10-2-1-8(12(14)17)7-11(10)16-9-3-5-15-6-4-9/h1-2,7,9,15-16H,3-6H2,(H2,14,17). The molecule has 0 unspecified atom stereocenters. The van der Waals surface area contributed by atoms with E-state index in [4.69, 9.17) is 5.73 Å². The van der Waals surface area contributed by atoms with Crippen molar-refractivity contribution in [3.8, 4) is 0 Å². The van der Waals surface area contributed by atoms with Gasteiger partial charge in [0.2, 0.25) is 5.91 Å². The molecule has 4 N–H and O–H groups in total. The molecule has 17 heavy (non-hydrogen) atoms. The van der Waals surface area contributed by atoms with Crippen LogP contribution in [-0.2, 0) is 0 Å². The Morgan fingerprint density at radius 2 is 2.12 bits per heavy atom. The number of carbonyl (C=O) groups is 1. The fourth-order valence-electron chi connectivity index (χ4n) is 1.98. The van der Waals surface area contributed by atoms with Gasteiger partial charge in [0, 0.05) is 11.6 Å². The van der Waals surface area contributed by atoms with Crippen molar-refractivity contribution in [2.45, 2.75) is 18.9 Å². The van der Waals surface area contributed by atoms with E-state index in [1.165, 1.54) is 18.2 Å². The predicted octanol–water partition coefficient (Wildman–Crippen LogP) is 1.09. The van der Waals surface area contributed by atoms with E-state index in [9.17, 15) is 9.18 Å². The molecule has 0 spiro atoms. The normalized spacial score (nSPS) is 16.8. The first kappa shape index (κ1) is 11.9. The Balaban J connectivity index is 2.13. The van der Waals surface area contributed by atoms with Crippen molar-refractivity contribution in [2.75, 3.05) is 18.4 Å². The molecule has 1 aliphatic rings. The monoisotopic (exact) mass is 237 g/mol. The van der Waals surface area contributed by atoms with Crippen LogP contribution < -0.4 is 16.4 Å². The lowest BCUT2D eigenvalue weighted by Gasteiger charge is -2.25. The van der Waals surface area contributed by atoms with Gasteiger partial charge in [0.1, 0.15) is 5.82 Å². The summed E-state index contributed by atoms with van der Waals surface area (Å²) < 4.78 is 13.6. The molecule has 0 radical (unpaired) electrons. The van der Waals surface area contributed by atoms with Gasteiger partial charge in [-0.3, -0.25) is 4.79 Å². The summed E-state index contributed by atoms with van der Waals surface area (Å²) in [6.45, 7) is 1.85. The summed E-state index contributed by atoms with van der Waals surface area (Å²) in [6.07, 6.45) is 1.89. The number of amides is 1. The summed E-state index contributed by atoms with van der Waals surface area (Å²) in [4.78, 5) is 11.0. The lowest BCUT2D eigenvalue weighted by molar-refractivity contribution is 0.100. The van der Waals surface area contributed by atoms with Gasteiger partial charge in [0.05, 0.1) is 5.69 Å². The minimum Gasteiger partial charge on any atom is -0.380 e. The Kier molecular flexibility index (Phi) is 3.58. The molecule has 0 bridgehead atoms. The first-order valence-corrected chi connectivity index (χ1v) is 5.73. The largest absolute Gasteiger partial charge is 0.380 e. The first-order chi connectivity index (χ1) is 8.16. The molecule has 1 fully saturated rings. The molecule has 1 aromatic carbocycles. The number of benzene rings is 1. The molecule has 0 aliphatic carbocycles. The predicted molar refractivity (Wildman–Crippen MR) is 64.4 cm³/mol. The van der Waals surface area contributed by atoms with E-state index in [0.717, 1.165) is 25.9 Å². The van der Waals surface area contributed by atoms with Gasteiger partial charge in [0.15, 0.2) is 0 Å². The molecule has 4 nitrogen and oxygen atoms in total. The quantitative estimate of drug-likeness (QED) is 0.737. The Hall–Kier alpha value is -1.62. The third-order valence-electron chi connectivity index (χ3n) is 2.95. The van der Waals surface area contributed by atoms with Crippen molar-refractivity contribution in [1.29, 1.82) is 0 Å². The minimum atomic E-state index is -0.543. The van der Waals surface area contributed by atoms with Crippen LogP contribution in [-0.4, -0.2) is 25.0 Å². The van der Waals surface area contributed by atoms with E-state index in [1.54, 1.807) is 0 Å². The number of carbonyl (C=O) groups excluding carboxylic acids is 1. The van der Waals surface area contributed by atoms with Gasteiger partial charge in [-0.25, -0.2) is 4.39 Å².